The van der Waals surface area contributed by atoms with Crippen molar-refractivity contribution in [1.82, 2.24) is 10.5 Å². The first-order valence-electron chi connectivity index (χ1n) is 6.99. The van der Waals surface area contributed by atoms with E-state index in [1.54, 1.807) is 29.5 Å². The van der Waals surface area contributed by atoms with Gasteiger partial charge in [0.25, 0.3) is 5.91 Å². The Hall–Kier alpha value is -2.63. The van der Waals surface area contributed by atoms with Crippen LogP contribution in [0.1, 0.15) is 5.56 Å². The zero-order chi connectivity index (χ0) is 16.1. The van der Waals surface area contributed by atoms with Crippen LogP contribution in [0, 0.1) is 0 Å². The van der Waals surface area contributed by atoms with Crippen molar-refractivity contribution in [2.24, 2.45) is 0 Å². The number of carbonyl (C=O) groups is 1. The number of carbonyl (C=O) groups excluding carboxylic acids is 1. The standard InChI is InChI=1S/C18H14N2O2S/c21-18(20-22)9-6-13-3-1-5-15(11-13)23-16-8-7-14-4-2-10-19-17(14)12-16/h1-12,22H,(H,20,21)/b9-6+. The van der Waals surface area contributed by atoms with E-state index in [0.29, 0.717) is 0 Å². The van der Waals surface area contributed by atoms with Crippen LogP contribution in [0.4, 0.5) is 0 Å². The Morgan fingerprint density at radius 3 is 2.83 bits per heavy atom. The molecule has 1 aromatic heterocycles. The molecule has 0 aliphatic heterocycles. The van der Waals surface area contributed by atoms with Gasteiger partial charge in [-0.15, -0.1) is 0 Å². The molecule has 114 valence electrons. The summed E-state index contributed by atoms with van der Waals surface area (Å²) in [7, 11) is 0. The van der Waals surface area contributed by atoms with Gasteiger partial charge in [0.1, 0.15) is 0 Å². The van der Waals surface area contributed by atoms with Crippen molar-refractivity contribution in [3.8, 4) is 0 Å². The lowest BCUT2D eigenvalue weighted by Gasteiger charge is -2.04. The highest BCUT2D eigenvalue weighted by Crippen LogP contribution is 2.30. The van der Waals surface area contributed by atoms with Gasteiger partial charge in [-0.25, -0.2) is 5.48 Å². The maximum Gasteiger partial charge on any atom is 0.267 e. The lowest BCUT2D eigenvalue weighted by molar-refractivity contribution is -0.124. The number of fused-ring (bicyclic) bond motifs is 1. The number of aromatic nitrogens is 1. The summed E-state index contributed by atoms with van der Waals surface area (Å²) in [6.45, 7) is 0. The number of hydroxylamine groups is 1. The van der Waals surface area contributed by atoms with E-state index in [0.717, 1.165) is 26.3 Å². The van der Waals surface area contributed by atoms with Gasteiger partial charge < -0.3 is 0 Å². The second kappa shape index (κ2) is 7.09. The molecule has 0 fully saturated rings. The second-order valence-corrected chi connectivity index (χ2v) is 5.99. The molecule has 0 radical (unpaired) electrons. The maximum atomic E-state index is 11.0. The summed E-state index contributed by atoms with van der Waals surface area (Å²) in [5.41, 5.74) is 3.42. The van der Waals surface area contributed by atoms with E-state index < -0.39 is 5.91 Å². The van der Waals surface area contributed by atoms with Gasteiger partial charge in [-0.3, -0.25) is 15.0 Å². The van der Waals surface area contributed by atoms with Crippen molar-refractivity contribution in [1.29, 1.82) is 0 Å². The maximum absolute atomic E-state index is 11.0. The van der Waals surface area contributed by atoms with Crippen LogP contribution in [0.5, 0.6) is 0 Å². The number of hydrogen-bond acceptors (Lipinski definition) is 4. The van der Waals surface area contributed by atoms with Crippen LogP contribution in [0.2, 0.25) is 0 Å². The molecule has 0 bridgehead atoms. The topological polar surface area (TPSA) is 62.2 Å². The number of hydrogen-bond donors (Lipinski definition) is 2. The third-order valence-corrected chi connectivity index (χ3v) is 4.19. The molecule has 23 heavy (non-hydrogen) atoms. The van der Waals surface area contributed by atoms with E-state index in [1.165, 1.54) is 6.08 Å². The molecule has 0 atom stereocenters. The molecule has 0 saturated heterocycles. The summed E-state index contributed by atoms with van der Waals surface area (Å²) in [5.74, 6) is -0.552. The van der Waals surface area contributed by atoms with Crippen LogP contribution in [0.25, 0.3) is 17.0 Å². The van der Waals surface area contributed by atoms with Crippen molar-refractivity contribution in [2.75, 3.05) is 0 Å². The fraction of sp³-hybridized carbons (Fsp3) is 0. The fourth-order valence-electron chi connectivity index (χ4n) is 2.14. The van der Waals surface area contributed by atoms with E-state index >= 15 is 0 Å². The van der Waals surface area contributed by atoms with Gasteiger partial charge in [0, 0.05) is 27.5 Å². The summed E-state index contributed by atoms with van der Waals surface area (Å²) in [6, 6.07) is 18.0. The molecule has 5 heteroatoms. The van der Waals surface area contributed by atoms with E-state index in [1.807, 2.05) is 36.4 Å². The Morgan fingerprint density at radius 1 is 1.09 bits per heavy atom. The molecule has 0 spiro atoms. The number of pyridine rings is 1. The highest BCUT2D eigenvalue weighted by molar-refractivity contribution is 7.99. The number of rotatable bonds is 4. The largest absolute Gasteiger partial charge is 0.288 e. The Labute approximate surface area is 137 Å². The summed E-state index contributed by atoms with van der Waals surface area (Å²) in [6.07, 6.45) is 4.72. The highest BCUT2D eigenvalue weighted by Gasteiger charge is 2.01. The monoisotopic (exact) mass is 322 g/mol. The summed E-state index contributed by atoms with van der Waals surface area (Å²) in [4.78, 5) is 17.6. The molecule has 0 aliphatic carbocycles. The molecule has 0 unspecified atom stereocenters. The molecule has 1 heterocycles. The number of amides is 1. The van der Waals surface area contributed by atoms with Crippen molar-refractivity contribution < 1.29 is 10.0 Å². The van der Waals surface area contributed by atoms with Crippen LogP contribution < -0.4 is 5.48 Å². The molecular formula is C18H14N2O2S. The third-order valence-electron chi connectivity index (χ3n) is 3.21. The average Bonchev–Trinajstić information content (AvgIpc) is 2.60. The fourth-order valence-corrected chi connectivity index (χ4v) is 3.06. The van der Waals surface area contributed by atoms with E-state index in [9.17, 15) is 4.79 Å². The Kier molecular flexibility index (Phi) is 4.71. The first kappa shape index (κ1) is 15.3. The van der Waals surface area contributed by atoms with Crippen LogP contribution in [0.15, 0.2) is 76.7 Å². The minimum Gasteiger partial charge on any atom is -0.288 e. The van der Waals surface area contributed by atoms with E-state index in [4.69, 9.17) is 5.21 Å². The van der Waals surface area contributed by atoms with Gasteiger partial charge in [-0.05, 0) is 42.0 Å². The first-order valence-corrected chi connectivity index (χ1v) is 7.81. The predicted octanol–water partition coefficient (Wildman–Crippen LogP) is 3.90. The van der Waals surface area contributed by atoms with Gasteiger partial charge in [0.05, 0.1) is 5.52 Å². The van der Waals surface area contributed by atoms with Crippen LogP contribution in [-0.2, 0) is 4.79 Å². The van der Waals surface area contributed by atoms with Crippen LogP contribution in [-0.4, -0.2) is 16.1 Å². The molecule has 0 saturated carbocycles. The van der Waals surface area contributed by atoms with Gasteiger partial charge in [-0.1, -0.05) is 36.0 Å². The smallest absolute Gasteiger partial charge is 0.267 e. The zero-order valence-corrected chi connectivity index (χ0v) is 13.0. The lowest BCUT2D eigenvalue weighted by atomic mass is 10.2. The molecular weight excluding hydrogens is 308 g/mol. The number of nitrogens with one attached hydrogen (secondary N) is 1. The molecule has 0 aliphatic rings. The van der Waals surface area contributed by atoms with Gasteiger partial charge in [0.15, 0.2) is 0 Å². The SMILES string of the molecule is O=C(/C=C/c1cccc(Sc2ccc3cccnc3c2)c1)NO. The van der Waals surface area contributed by atoms with Crippen LogP contribution in [0.3, 0.4) is 0 Å². The van der Waals surface area contributed by atoms with Crippen molar-refractivity contribution in [3.05, 3.63) is 72.4 Å². The highest BCUT2D eigenvalue weighted by atomic mass is 32.2. The molecule has 3 aromatic rings. The Morgan fingerprint density at radius 2 is 1.96 bits per heavy atom. The second-order valence-electron chi connectivity index (χ2n) is 4.84. The average molecular weight is 322 g/mol. The normalized spacial score (nSPS) is 11.0. The molecule has 3 rings (SSSR count). The summed E-state index contributed by atoms with van der Waals surface area (Å²) >= 11 is 1.63. The number of benzene rings is 2. The Bertz CT molecular complexity index is 878. The molecule has 4 nitrogen and oxygen atoms in total. The van der Waals surface area contributed by atoms with Gasteiger partial charge in [-0.2, -0.15) is 0 Å². The van der Waals surface area contributed by atoms with Gasteiger partial charge >= 0.3 is 0 Å². The summed E-state index contributed by atoms with van der Waals surface area (Å²) in [5, 5.41) is 9.60. The lowest BCUT2D eigenvalue weighted by Crippen LogP contribution is -2.14. The van der Waals surface area contributed by atoms with Crippen LogP contribution >= 0.6 is 11.8 Å². The zero-order valence-electron chi connectivity index (χ0n) is 12.1. The number of nitrogens with zero attached hydrogens (tertiary/aromatic N) is 1. The van der Waals surface area contributed by atoms with E-state index in [-0.39, 0.29) is 0 Å². The molecule has 2 aromatic carbocycles. The third kappa shape index (κ3) is 3.97. The Balaban J connectivity index is 1.81. The first-order chi connectivity index (χ1) is 11.2. The minimum absolute atomic E-state index is 0.552. The molecule has 2 N–H and O–H groups in total. The van der Waals surface area contributed by atoms with Crippen molar-refractivity contribution in [3.63, 3.8) is 0 Å². The quantitative estimate of drug-likeness (QED) is 0.434. The minimum atomic E-state index is -0.552. The van der Waals surface area contributed by atoms with E-state index in [2.05, 4.69) is 23.2 Å². The van der Waals surface area contributed by atoms with Gasteiger partial charge in [0.2, 0.25) is 0 Å². The predicted molar refractivity (Wildman–Crippen MR) is 91.3 cm³/mol. The van der Waals surface area contributed by atoms with Crippen molar-refractivity contribution in [2.45, 2.75) is 9.79 Å². The summed E-state index contributed by atoms with van der Waals surface area (Å²) < 4.78 is 0. The van der Waals surface area contributed by atoms with Crippen molar-refractivity contribution >= 4 is 34.6 Å². The molecule has 1 amide bonds.